The number of benzene rings is 1. The lowest BCUT2D eigenvalue weighted by molar-refractivity contribution is -0.186. The molecule has 1 saturated heterocycles. The maximum absolute atomic E-state index is 14.4. The first-order valence-corrected chi connectivity index (χ1v) is 8.87. The summed E-state index contributed by atoms with van der Waals surface area (Å²) in [5.41, 5.74) is 4.91. The Kier molecular flexibility index (Phi) is 7.83. The van der Waals surface area contributed by atoms with Gasteiger partial charge in [0, 0.05) is 18.8 Å². The van der Waals surface area contributed by atoms with Gasteiger partial charge in [-0.15, -0.1) is 0 Å². The summed E-state index contributed by atoms with van der Waals surface area (Å²) < 4.78 is 95.6. The standard InChI is InChI=1S/C17H19F7N4O3/c18-11-5-10(28-3-4-31-7-14(28)29)1-2-12(11)26-15(30)13(6-25)27(8-16(19,20)21)9-17(22,23)24/h1-2,5,13H,3-4,6-9,25H2,(H,26,30)/t13-/m1/s1. The Morgan fingerprint density at radius 2 is 1.81 bits per heavy atom. The first-order valence-electron chi connectivity index (χ1n) is 8.87. The Morgan fingerprint density at radius 1 is 1.19 bits per heavy atom. The van der Waals surface area contributed by atoms with Crippen molar-refractivity contribution in [1.29, 1.82) is 0 Å². The van der Waals surface area contributed by atoms with E-state index in [2.05, 4.69) is 0 Å². The van der Waals surface area contributed by atoms with E-state index in [9.17, 15) is 40.3 Å². The van der Waals surface area contributed by atoms with Crippen LogP contribution < -0.4 is 16.0 Å². The van der Waals surface area contributed by atoms with Crippen molar-refractivity contribution in [3.05, 3.63) is 24.0 Å². The van der Waals surface area contributed by atoms with Gasteiger partial charge in [0.05, 0.1) is 25.4 Å². The number of hydrogen-bond acceptors (Lipinski definition) is 5. The van der Waals surface area contributed by atoms with Crippen LogP contribution in [0.15, 0.2) is 18.2 Å². The molecule has 0 spiro atoms. The highest BCUT2D eigenvalue weighted by atomic mass is 19.4. The number of morpholine rings is 1. The van der Waals surface area contributed by atoms with E-state index in [1.165, 1.54) is 11.0 Å². The summed E-state index contributed by atoms with van der Waals surface area (Å²) in [6, 6.07) is 1.18. The molecule has 0 saturated carbocycles. The number of ether oxygens (including phenoxy) is 1. The topological polar surface area (TPSA) is 87.9 Å². The quantitative estimate of drug-likeness (QED) is 0.607. The van der Waals surface area contributed by atoms with Crippen molar-refractivity contribution in [2.45, 2.75) is 18.4 Å². The SMILES string of the molecule is NC[C@H](C(=O)Nc1ccc(N2CCOCC2=O)cc1F)N(CC(F)(F)F)CC(F)(F)F. The molecule has 2 amide bonds. The third kappa shape index (κ3) is 7.33. The van der Waals surface area contributed by atoms with Gasteiger partial charge in [0.1, 0.15) is 18.5 Å². The van der Waals surface area contributed by atoms with E-state index in [0.29, 0.717) is 0 Å². The summed E-state index contributed by atoms with van der Waals surface area (Å²) in [4.78, 5) is 25.2. The number of carbonyl (C=O) groups excluding carboxylic acids is 2. The van der Waals surface area contributed by atoms with Crippen LogP contribution in [0.25, 0.3) is 0 Å². The molecule has 174 valence electrons. The number of halogens is 7. The fourth-order valence-electron chi connectivity index (χ4n) is 2.94. The molecule has 0 aromatic heterocycles. The molecule has 2 rings (SSSR count). The molecule has 0 bridgehead atoms. The second-order valence-corrected chi connectivity index (χ2v) is 6.64. The van der Waals surface area contributed by atoms with Crippen molar-refractivity contribution in [2.75, 3.05) is 49.6 Å². The zero-order valence-corrected chi connectivity index (χ0v) is 15.9. The van der Waals surface area contributed by atoms with Crippen LogP contribution in [0.3, 0.4) is 0 Å². The molecule has 0 radical (unpaired) electrons. The van der Waals surface area contributed by atoms with Gasteiger partial charge in [0.2, 0.25) is 5.91 Å². The van der Waals surface area contributed by atoms with Gasteiger partial charge in [-0.2, -0.15) is 26.3 Å². The zero-order chi connectivity index (χ0) is 23.4. The molecule has 0 unspecified atom stereocenters. The van der Waals surface area contributed by atoms with Crippen molar-refractivity contribution < 1.29 is 45.1 Å². The minimum atomic E-state index is -5.03. The molecular formula is C17H19F7N4O3. The summed E-state index contributed by atoms with van der Waals surface area (Å²) in [5, 5.41) is 1.96. The average Bonchev–Trinajstić information content (AvgIpc) is 2.61. The summed E-state index contributed by atoms with van der Waals surface area (Å²) in [6.07, 6.45) is -10.1. The molecule has 1 heterocycles. The fraction of sp³-hybridized carbons (Fsp3) is 0.529. The van der Waals surface area contributed by atoms with E-state index >= 15 is 0 Å². The summed E-state index contributed by atoms with van der Waals surface area (Å²) in [7, 11) is 0. The number of nitrogens with zero attached hydrogens (tertiary/aromatic N) is 2. The Balaban J connectivity index is 2.19. The minimum absolute atomic E-state index is 0.148. The molecule has 1 aliphatic heterocycles. The maximum Gasteiger partial charge on any atom is 0.401 e. The predicted molar refractivity (Wildman–Crippen MR) is 94.7 cm³/mol. The van der Waals surface area contributed by atoms with Crippen LogP contribution in [0.2, 0.25) is 0 Å². The normalized spacial score (nSPS) is 16.5. The highest BCUT2D eigenvalue weighted by Crippen LogP contribution is 2.26. The number of rotatable bonds is 7. The number of nitrogens with two attached hydrogens (primary N) is 1. The van der Waals surface area contributed by atoms with Crippen LogP contribution in [0.5, 0.6) is 0 Å². The molecule has 1 atom stereocenters. The van der Waals surface area contributed by atoms with Crippen molar-refractivity contribution >= 4 is 23.2 Å². The molecular weight excluding hydrogens is 441 g/mol. The Hall–Kier alpha value is -2.45. The van der Waals surface area contributed by atoms with Gasteiger partial charge in [-0.25, -0.2) is 4.39 Å². The Labute approximate surface area is 171 Å². The number of nitrogens with one attached hydrogen (secondary N) is 1. The van der Waals surface area contributed by atoms with Crippen LogP contribution in [0.1, 0.15) is 0 Å². The molecule has 14 heteroatoms. The monoisotopic (exact) mass is 460 g/mol. The van der Waals surface area contributed by atoms with E-state index in [1.54, 1.807) is 0 Å². The van der Waals surface area contributed by atoms with Crippen LogP contribution in [0, 0.1) is 5.82 Å². The predicted octanol–water partition coefficient (Wildman–Crippen LogP) is 1.88. The van der Waals surface area contributed by atoms with Crippen LogP contribution >= 0.6 is 0 Å². The van der Waals surface area contributed by atoms with Crippen molar-refractivity contribution in [3.63, 3.8) is 0 Å². The van der Waals surface area contributed by atoms with Gasteiger partial charge in [-0.3, -0.25) is 14.5 Å². The number of anilines is 2. The average molecular weight is 460 g/mol. The van der Waals surface area contributed by atoms with Gasteiger partial charge in [-0.05, 0) is 18.2 Å². The number of alkyl halides is 6. The van der Waals surface area contributed by atoms with Gasteiger partial charge >= 0.3 is 12.4 Å². The lowest BCUT2D eigenvalue weighted by Gasteiger charge is -2.31. The third-order valence-electron chi connectivity index (χ3n) is 4.24. The summed E-state index contributed by atoms with van der Waals surface area (Å²) in [6.45, 7) is -4.78. The molecule has 0 aliphatic carbocycles. The zero-order valence-electron chi connectivity index (χ0n) is 15.9. The Morgan fingerprint density at radius 3 is 2.29 bits per heavy atom. The lowest BCUT2D eigenvalue weighted by atomic mass is 10.2. The van der Waals surface area contributed by atoms with Crippen molar-refractivity contribution in [3.8, 4) is 0 Å². The largest absolute Gasteiger partial charge is 0.401 e. The molecule has 3 N–H and O–H groups in total. The van der Waals surface area contributed by atoms with E-state index in [0.717, 1.165) is 12.1 Å². The van der Waals surface area contributed by atoms with E-state index in [-0.39, 0.29) is 30.3 Å². The third-order valence-corrected chi connectivity index (χ3v) is 4.24. The highest BCUT2D eigenvalue weighted by molar-refractivity contribution is 5.97. The molecule has 1 aromatic rings. The molecule has 31 heavy (non-hydrogen) atoms. The molecule has 1 aromatic carbocycles. The maximum atomic E-state index is 14.4. The summed E-state index contributed by atoms with van der Waals surface area (Å²) >= 11 is 0. The number of hydrogen-bond donors (Lipinski definition) is 2. The Bertz CT molecular complexity index is 785. The number of carbonyl (C=O) groups is 2. The van der Waals surface area contributed by atoms with Gasteiger partial charge in [0.25, 0.3) is 5.91 Å². The molecule has 7 nitrogen and oxygen atoms in total. The van der Waals surface area contributed by atoms with Crippen molar-refractivity contribution in [1.82, 2.24) is 4.90 Å². The minimum Gasteiger partial charge on any atom is -0.370 e. The molecule has 1 aliphatic rings. The second kappa shape index (κ2) is 9.78. The highest BCUT2D eigenvalue weighted by Gasteiger charge is 2.42. The van der Waals surface area contributed by atoms with Gasteiger partial charge in [0.15, 0.2) is 0 Å². The smallest absolute Gasteiger partial charge is 0.370 e. The van der Waals surface area contributed by atoms with Crippen LogP contribution in [-0.4, -0.2) is 74.5 Å². The van der Waals surface area contributed by atoms with E-state index in [4.69, 9.17) is 10.5 Å². The second-order valence-electron chi connectivity index (χ2n) is 6.64. The molecule has 1 fully saturated rings. The van der Waals surface area contributed by atoms with Crippen LogP contribution in [0.4, 0.5) is 42.1 Å². The van der Waals surface area contributed by atoms with Crippen molar-refractivity contribution in [2.24, 2.45) is 5.73 Å². The van der Waals surface area contributed by atoms with Crippen LogP contribution in [-0.2, 0) is 14.3 Å². The first-order chi connectivity index (χ1) is 14.3. The van der Waals surface area contributed by atoms with E-state index in [1.807, 2.05) is 5.32 Å². The van der Waals surface area contributed by atoms with Gasteiger partial charge < -0.3 is 20.7 Å². The fourth-order valence-corrected chi connectivity index (χ4v) is 2.94. The lowest BCUT2D eigenvalue weighted by Crippen LogP contribution is -2.54. The first kappa shape index (κ1) is 24.8. The summed E-state index contributed by atoms with van der Waals surface area (Å²) in [5.74, 6) is -2.82. The van der Waals surface area contributed by atoms with Gasteiger partial charge in [-0.1, -0.05) is 0 Å². The number of amides is 2. The van der Waals surface area contributed by atoms with E-state index < -0.39 is 61.3 Å².